The molecular formula is C18H12IN3O. The summed E-state index contributed by atoms with van der Waals surface area (Å²) in [6, 6.07) is 13.9. The first-order chi connectivity index (χ1) is 11.2. The molecule has 0 saturated carbocycles. The van der Waals surface area contributed by atoms with Gasteiger partial charge in [-0.05, 0) is 64.6 Å². The molecule has 3 heterocycles. The highest BCUT2D eigenvalue weighted by Crippen LogP contribution is 2.23. The van der Waals surface area contributed by atoms with Gasteiger partial charge in [-0.3, -0.25) is 4.79 Å². The fourth-order valence-corrected chi connectivity index (χ4v) is 2.92. The summed E-state index contributed by atoms with van der Waals surface area (Å²) in [7, 11) is 0. The van der Waals surface area contributed by atoms with Crippen molar-refractivity contribution < 1.29 is 4.79 Å². The van der Waals surface area contributed by atoms with Gasteiger partial charge in [-0.2, -0.15) is 0 Å². The predicted octanol–water partition coefficient (Wildman–Crippen LogP) is 3.49. The average Bonchev–Trinajstić information content (AvgIpc) is 3.13. The number of hydrogen-bond acceptors (Lipinski definition) is 2. The Bertz CT molecular complexity index is 967. The second kappa shape index (κ2) is 5.66. The molecule has 4 nitrogen and oxygen atoms in total. The van der Waals surface area contributed by atoms with Crippen molar-refractivity contribution in [1.29, 1.82) is 0 Å². The maximum Gasteiger partial charge on any atom is 0.255 e. The summed E-state index contributed by atoms with van der Waals surface area (Å²) >= 11 is 2.26. The molecule has 0 aliphatic carbocycles. The topological polar surface area (TPSA) is 46.4 Å². The molecule has 0 saturated heterocycles. The van der Waals surface area contributed by atoms with Crippen LogP contribution >= 0.6 is 22.6 Å². The van der Waals surface area contributed by atoms with Crippen LogP contribution in [0, 0.1) is 3.57 Å². The van der Waals surface area contributed by atoms with Gasteiger partial charge in [0.25, 0.3) is 5.91 Å². The third-order valence-electron chi connectivity index (χ3n) is 3.71. The van der Waals surface area contributed by atoms with Crippen molar-refractivity contribution in [1.82, 2.24) is 14.7 Å². The van der Waals surface area contributed by atoms with Gasteiger partial charge in [0, 0.05) is 21.0 Å². The number of hydrogen-bond donors (Lipinski definition) is 1. The van der Waals surface area contributed by atoms with E-state index in [1.54, 1.807) is 6.20 Å². The minimum absolute atomic E-state index is 0.0931. The van der Waals surface area contributed by atoms with Crippen molar-refractivity contribution >= 4 is 45.9 Å². The van der Waals surface area contributed by atoms with Crippen LogP contribution in [0.15, 0.2) is 66.5 Å². The number of imidazole rings is 1. The molecule has 112 valence electrons. The Kier molecular flexibility index (Phi) is 3.49. The zero-order valence-electron chi connectivity index (χ0n) is 12.0. The molecule has 2 aromatic heterocycles. The second-order valence-corrected chi connectivity index (χ2v) is 6.48. The number of halogens is 1. The van der Waals surface area contributed by atoms with Gasteiger partial charge in [0.05, 0.1) is 11.9 Å². The van der Waals surface area contributed by atoms with E-state index in [1.807, 2.05) is 65.2 Å². The number of aromatic nitrogens is 2. The normalized spacial score (nSPS) is 16.0. The second-order valence-electron chi connectivity index (χ2n) is 5.23. The lowest BCUT2D eigenvalue weighted by molar-refractivity contribution is -0.115. The van der Waals surface area contributed by atoms with Crippen molar-refractivity contribution in [2.24, 2.45) is 0 Å². The maximum absolute atomic E-state index is 12.2. The van der Waals surface area contributed by atoms with Crippen LogP contribution in [0.1, 0.15) is 11.3 Å². The summed E-state index contributed by atoms with van der Waals surface area (Å²) < 4.78 is 3.12. The van der Waals surface area contributed by atoms with Crippen molar-refractivity contribution in [2.75, 3.05) is 0 Å². The Labute approximate surface area is 146 Å². The highest BCUT2D eigenvalue weighted by Gasteiger charge is 2.19. The van der Waals surface area contributed by atoms with Crippen LogP contribution in [0.4, 0.5) is 0 Å². The Hall–Kier alpha value is -2.41. The van der Waals surface area contributed by atoms with E-state index in [1.165, 1.54) is 0 Å². The van der Waals surface area contributed by atoms with E-state index in [2.05, 4.69) is 32.9 Å². The molecule has 5 heteroatoms. The van der Waals surface area contributed by atoms with Crippen LogP contribution in [-0.2, 0) is 4.79 Å². The van der Waals surface area contributed by atoms with Gasteiger partial charge in [0.1, 0.15) is 5.65 Å². The van der Waals surface area contributed by atoms with Gasteiger partial charge in [-0.15, -0.1) is 0 Å². The van der Waals surface area contributed by atoms with Crippen LogP contribution in [-0.4, -0.2) is 15.3 Å². The third kappa shape index (κ3) is 2.68. The van der Waals surface area contributed by atoms with Crippen LogP contribution < -0.4 is 5.32 Å². The fraction of sp³-hybridized carbons (Fsp3) is 0. The number of carbonyl (C=O) groups is 1. The molecule has 0 atom stereocenters. The van der Waals surface area contributed by atoms with Gasteiger partial charge >= 0.3 is 0 Å². The molecule has 0 fully saturated rings. The lowest BCUT2D eigenvalue weighted by Gasteiger charge is -2.02. The quantitative estimate of drug-likeness (QED) is 0.517. The van der Waals surface area contributed by atoms with Crippen molar-refractivity contribution in [3.05, 3.63) is 81.3 Å². The average molecular weight is 413 g/mol. The first-order valence-corrected chi connectivity index (χ1v) is 8.21. The van der Waals surface area contributed by atoms with Gasteiger partial charge in [0.2, 0.25) is 0 Å². The highest BCUT2D eigenvalue weighted by atomic mass is 127. The number of fused-ring (bicyclic) bond motifs is 1. The first-order valence-electron chi connectivity index (χ1n) is 7.13. The summed E-state index contributed by atoms with van der Waals surface area (Å²) in [5.74, 6) is -0.0931. The van der Waals surface area contributed by atoms with Crippen LogP contribution in [0.25, 0.3) is 17.4 Å². The molecule has 3 aromatic rings. The Morgan fingerprint density at radius 1 is 1.13 bits per heavy atom. The summed E-state index contributed by atoms with van der Waals surface area (Å²) in [6.45, 7) is 0. The van der Waals surface area contributed by atoms with E-state index in [0.717, 1.165) is 26.2 Å². The van der Waals surface area contributed by atoms with E-state index in [4.69, 9.17) is 0 Å². The van der Waals surface area contributed by atoms with Crippen LogP contribution in [0.2, 0.25) is 0 Å². The van der Waals surface area contributed by atoms with E-state index in [0.29, 0.717) is 5.57 Å². The summed E-state index contributed by atoms with van der Waals surface area (Å²) in [6.07, 6.45) is 7.44. The van der Waals surface area contributed by atoms with Crippen LogP contribution in [0.3, 0.4) is 0 Å². The molecular weight excluding hydrogens is 401 g/mol. The van der Waals surface area contributed by atoms with Gasteiger partial charge in [-0.1, -0.05) is 18.2 Å². The highest BCUT2D eigenvalue weighted by molar-refractivity contribution is 14.1. The molecule has 1 N–H and O–H groups in total. The molecule has 4 rings (SSSR count). The molecule has 1 aliphatic rings. The number of amides is 1. The molecule has 0 unspecified atom stereocenters. The number of benzene rings is 1. The van der Waals surface area contributed by atoms with E-state index >= 15 is 0 Å². The number of nitrogens with one attached hydrogen (secondary N) is 1. The van der Waals surface area contributed by atoms with Crippen LogP contribution in [0.5, 0.6) is 0 Å². The van der Waals surface area contributed by atoms with E-state index < -0.39 is 0 Å². The van der Waals surface area contributed by atoms with Crippen molar-refractivity contribution in [3.63, 3.8) is 0 Å². The van der Waals surface area contributed by atoms with Gasteiger partial charge < -0.3 is 9.72 Å². The Morgan fingerprint density at radius 3 is 2.78 bits per heavy atom. The van der Waals surface area contributed by atoms with Gasteiger partial charge in [0.15, 0.2) is 0 Å². The van der Waals surface area contributed by atoms with E-state index in [-0.39, 0.29) is 5.91 Å². The Morgan fingerprint density at radius 2 is 1.96 bits per heavy atom. The standard InChI is InChI=1S/C18H12IN3O/c19-14-6-4-12(5-7-14)16-10-13(18(23)21-16)9-15-11-20-17-3-1-2-8-22(15)17/h1-11H,(H,21,23)/b13-9+. The molecule has 0 spiro atoms. The van der Waals surface area contributed by atoms with Crippen molar-refractivity contribution in [2.45, 2.75) is 0 Å². The summed E-state index contributed by atoms with van der Waals surface area (Å²) in [5, 5.41) is 2.92. The van der Waals surface area contributed by atoms with Gasteiger partial charge in [-0.25, -0.2) is 4.98 Å². The molecule has 23 heavy (non-hydrogen) atoms. The summed E-state index contributed by atoms with van der Waals surface area (Å²) in [5.41, 5.74) is 4.20. The monoisotopic (exact) mass is 413 g/mol. The fourth-order valence-electron chi connectivity index (χ4n) is 2.56. The largest absolute Gasteiger partial charge is 0.321 e. The molecule has 0 bridgehead atoms. The molecule has 1 amide bonds. The zero-order chi connectivity index (χ0) is 15.8. The molecule has 1 aromatic carbocycles. The zero-order valence-corrected chi connectivity index (χ0v) is 14.2. The number of carbonyl (C=O) groups excluding carboxylic acids is 1. The third-order valence-corrected chi connectivity index (χ3v) is 4.43. The number of nitrogens with zero attached hydrogens (tertiary/aromatic N) is 2. The van der Waals surface area contributed by atoms with E-state index in [9.17, 15) is 4.79 Å². The lowest BCUT2D eigenvalue weighted by Crippen LogP contribution is -2.15. The minimum atomic E-state index is -0.0931. The number of pyridine rings is 1. The predicted molar refractivity (Wildman–Crippen MR) is 98.4 cm³/mol. The smallest absolute Gasteiger partial charge is 0.255 e. The summed E-state index contributed by atoms with van der Waals surface area (Å²) in [4.78, 5) is 16.6. The SMILES string of the molecule is O=C1NC(c2ccc(I)cc2)=C/C1=C\c1cnc2ccccn12. The van der Waals surface area contributed by atoms with Crippen molar-refractivity contribution in [3.8, 4) is 0 Å². The number of rotatable bonds is 2. The molecule has 1 aliphatic heterocycles. The first kappa shape index (κ1) is 14.2. The Balaban J connectivity index is 1.73. The maximum atomic E-state index is 12.2. The minimum Gasteiger partial charge on any atom is -0.321 e. The lowest BCUT2D eigenvalue weighted by atomic mass is 10.1. The molecule has 0 radical (unpaired) electrons.